The van der Waals surface area contributed by atoms with Gasteiger partial charge in [0.2, 0.25) is 0 Å². The van der Waals surface area contributed by atoms with Crippen LogP contribution < -0.4 is 10.8 Å². The molecule has 1 saturated heterocycles. The van der Waals surface area contributed by atoms with E-state index in [4.69, 9.17) is 14.0 Å². The monoisotopic (exact) mass is 379 g/mol. The summed E-state index contributed by atoms with van der Waals surface area (Å²) in [5.41, 5.74) is 2.13. The van der Waals surface area contributed by atoms with Crippen molar-refractivity contribution >= 4 is 24.8 Å². The van der Waals surface area contributed by atoms with E-state index in [1.807, 2.05) is 82.3 Å². The Morgan fingerprint density at radius 3 is 2.21 bits per heavy atom. The molecule has 1 heterocycles. The van der Waals surface area contributed by atoms with Gasteiger partial charge in [-0.2, -0.15) is 0 Å². The van der Waals surface area contributed by atoms with Crippen molar-refractivity contribution < 1.29 is 18.8 Å². The summed E-state index contributed by atoms with van der Waals surface area (Å²) in [6.07, 6.45) is 2.88. The normalized spacial score (nSPS) is 17.6. The minimum atomic E-state index is -0.492. The molecule has 0 spiro atoms. The van der Waals surface area contributed by atoms with E-state index in [0.29, 0.717) is 0 Å². The molecule has 2 aromatic rings. The van der Waals surface area contributed by atoms with Crippen LogP contribution in [0.25, 0.3) is 6.08 Å². The number of ether oxygens (including phenoxy) is 1. The van der Waals surface area contributed by atoms with Crippen LogP contribution in [0.1, 0.15) is 38.8 Å². The van der Waals surface area contributed by atoms with Crippen LogP contribution in [0.5, 0.6) is 0 Å². The quantitative estimate of drug-likeness (QED) is 0.801. The van der Waals surface area contributed by atoms with Gasteiger partial charge in [-0.3, -0.25) is 5.32 Å². The molecule has 3 rings (SSSR count). The van der Waals surface area contributed by atoms with Gasteiger partial charge in [0.1, 0.15) is 6.61 Å². The first-order valence-electron chi connectivity index (χ1n) is 9.36. The summed E-state index contributed by atoms with van der Waals surface area (Å²) in [6.45, 7) is 8.38. The van der Waals surface area contributed by atoms with Gasteiger partial charge >= 0.3 is 13.2 Å². The maximum absolute atomic E-state index is 11.7. The second-order valence-electron chi connectivity index (χ2n) is 7.79. The third kappa shape index (κ3) is 4.83. The van der Waals surface area contributed by atoms with Gasteiger partial charge in [-0.25, -0.2) is 4.79 Å². The van der Waals surface area contributed by atoms with Crippen molar-refractivity contribution in [2.24, 2.45) is 0 Å². The van der Waals surface area contributed by atoms with Gasteiger partial charge in [0, 0.05) is 6.20 Å². The van der Waals surface area contributed by atoms with Crippen LogP contribution >= 0.6 is 0 Å². The Hall–Kier alpha value is -2.57. The number of amides is 1. The van der Waals surface area contributed by atoms with Crippen molar-refractivity contribution in [1.82, 2.24) is 5.32 Å². The molecule has 146 valence electrons. The Morgan fingerprint density at radius 1 is 1.00 bits per heavy atom. The van der Waals surface area contributed by atoms with Crippen LogP contribution in [0, 0.1) is 0 Å². The molecular formula is C22H26BNO4. The molecular weight excluding hydrogens is 353 g/mol. The number of hydrogen-bond donors (Lipinski definition) is 1. The largest absolute Gasteiger partial charge is 0.494 e. The third-order valence-electron chi connectivity index (χ3n) is 5.15. The van der Waals surface area contributed by atoms with Crippen LogP contribution in [0.4, 0.5) is 4.79 Å². The van der Waals surface area contributed by atoms with E-state index in [1.165, 1.54) is 0 Å². The zero-order chi connectivity index (χ0) is 20.2. The zero-order valence-corrected chi connectivity index (χ0v) is 16.8. The molecule has 1 fully saturated rings. The van der Waals surface area contributed by atoms with E-state index in [1.54, 1.807) is 12.3 Å². The molecule has 1 aliphatic heterocycles. The Kier molecular flexibility index (Phi) is 5.91. The second kappa shape index (κ2) is 8.21. The van der Waals surface area contributed by atoms with Crippen molar-refractivity contribution in [2.75, 3.05) is 0 Å². The lowest BCUT2D eigenvalue weighted by Crippen LogP contribution is -2.41. The molecule has 0 atom stereocenters. The first-order chi connectivity index (χ1) is 13.3. The number of nitrogens with one attached hydrogen (secondary N) is 1. The number of rotatable bonds is 5. The molecule has 6 heteroatoms. The van der Waals surface area contributed by atoms with Crippen molar-refractivity contribution in [1.29, 1.82) is 0 Å². The van der Waals surface area contributed by atoms with Crippen LogP contribution in [0.3, 0.4) is 0 Å². The summed E-state index contributed by atoms with van der Waals surface area (Å²) in [5.74, 6) is 0. The van der Waals surface area contributed by atoms with Crippen molar-refractivity contribution in [3.8, 4) is 0 Å². The van der Waals surface area contributed by atoms with Gasteiger partial charge < -0.3 is 14.0 Å². The number of alkyl carbamates (subject to hydrolysis) is 1. The highest BCUT2D eigenvalue weighted by molar-refractivity contribution is 6.62. The minimum absolute atomic E-state index is 0.239. The molecule has 0 saturated carbocycles. The molecule has 0 bridgehead atoms. The summed E-state index contributed by atoms with van der Waals surface area (Å²) >= 11 is 0. The lowest BCUT2D eigenvalue weighted by Gasteiger charge is -2.32. The number of carbonyl (C=O) groups is 1. The summed E-state index contributed by atoms with van der Waals surface area (Å²) < 4.78 is 17.3. The van der Waals surface area contributed by atoms with E-state index in [9.17, 15) is 4.79 Å². The Morgan fingerprint density at radius 2 is 1.61 bits per heavy atom. The standard InChI is InChI=1S/C22H26BNO4/c1-21(2)22(3,4)28-23(27-21)19-12-10-17(11-13-19)14-15-24-20(25)26-16-18-8-6-5-7-9-18/h5-15H,16H2,1-4H3,(H,24,25). The molecule has 0 aromatic heterocycles. The van der Waals surface area contributed by atoms with E-state index in [2.05, 4.69) is 5.32 Å². The van der Waals surface area contributed by atoms with Crippen molar-refractivity contribution in [2.45, 2.75) is 45.5 Å². The highest BCUT2D eigenvalue weighted by Gasteiger charge is 2.51. The fraction of sp³-hybridized carbons (Fsp3) is 0.318. The lowest BCUT2D eigenvalue weighted by atomic mass is 9.79. The van der Waals surface area contributed by atoms with Crippen LogP contribution in [0.15, 0.2) is 60.8 Å². The third-order valence-corrected chi connectivity index (χ3v) is 5.15. The molecule has 0 aliphatic carbocycles. The topological polar surface area (TPSA) is 56.8 Å². The van der Waals surface area contributed by atoms with Gasteiger partial charge in [-0.05, 0) is 50.4 Å². The average Bonchev–Trinajstić information content (AvgIpc) is 2.89. The first-order valence-corrected chi connectivity index (χ1v) is 9.36. The van der Waals surface area contributed by atoms with Gasteiger partial charge in [0.05, 0.1) is 11.2 Å². The van der Waals surface area contributed by atoms with Crippen LogP contribution in [0.2, 0.25) is 0 Å². The molecule has 0 radical (unpaired) electrons. The fourth-order valence-electron chi connectivity index (χ4n) is 2.71. The lowest BCUT2D eigenvalue weighted by molar-refractivity contribution is 0.00578. The van der Waals surface area contributed by atoms with E-state index in [-0.39, 0.29) is 24.9 Å². The van der Waals surface area contributed by atoms with Gasteiger partial charge in [0.25, 0.3) is 0 Å². The molecule has 2 aromatic carbocycles. The summed E-state index contributed by atoms with van der Waals surface area (Å²) in [5, 5.41) is 2.60. The van der Waals surface area contributed by atoms with Crippen LogP contribution in [-0.4, -0.2) is 24.4 Å². The zero-order valence-electron chi connectivity index (χ0n) is 16.8. The number of benzene rings is 2. The average molecular weight is 379 g/mol. The maximum atomic E-state index is 11.7. The predicted octanol–water partition coefficient (Wildman–Crippen LogP) is 3.88. The van der Waals surface area contributed by atoms with Gasteiger partial charge in [-0.15, -0.1) is 0 Å². The second-order valence-corrected chi connectivity index (χ2v) is 7.79. The van der Waals surface area contributed by atoms with E-state index >= 15 is 0 Å². The molecule has 1 aliphatic rings. The molecule has 1 amide bonds. The maximum Gasteiger partial charge on any atom is 0.494 e. The predicted molar refractivity (Wildman–Crippen MR) is 111 cm³/mol. The molecule has 0 unspecified atom stereocenters. The number of hydrogen-bond acceptors (Lipinski definition) is 4. The highest BCUT2D eigenvalue weighted by atomic mass is 16.7. The van der Waals surface area contributed by atoms with Crippen molar-refractivity contribution in [3.05, 3.63) is 71.9 Å². The summed E-state index contributed by atoms with van der Waals surface area (Å²) in [7, 11) is -0.380. The fourth-order valence-corrected chi connectivity index (χ4v) is 2.71. The first kappa shape index (κ1) is 20.2. The molecule has 1 N–H and O–H groups in total. The van der Waals surface area contributed by atoms with E-state index < -0.39 is 6.09 Å². The SMILES string of the molecule is CC1(C)OB(c2ccc(C=CNC(=O)OCc3ccccc3)cc2)OC1(C)C. The Balaban J connectivity index is 1.50. The molecule has 5 nitrogen and oxygen atoms in total. The van der Waals surface area contributed by atoms with Crippen molar-refractivity contribution in [3.63, 3.8) is 0 Å². The summed E-state index contributed by atoms with van der Waals surface area (Å²) in [4.78, 5) is 11.7. The van der Waals surface area contributed by atoms with E-state index in [0.717, 1.165) is 16.6 Å². The smallest absolute Gasteiger partial charge is 0.444 e. The van der Waals surface area contributed by atoms with Gasteiger partial charge in [-0.1, -0.05) is 54.6 Å². The van der Waals surface area contributed by atoms with Gasteiger partial charge in [0.15, 0.2) is 0 Å². The summed E-state index contributed by atoms with van der Waals surface area (Å²) in [6, 6.07) is 17.4. The van der Waals surface area contributed by atoms with Crippen LogP contribution in [-0.2, 0) is 20.7 Å². The Labute approximate surface area is 166 Å². The molecule has 28 heavy (non-hydrogen) atoms. The minimum Gasteiger partial charge on any atom is -0.444 e. The number of carbonyl (C=O) groups excluding carboxylic acids is 1. The highest BCUT2D eigenvalue weighted by Crippen LogP contribution is 2.36. The Bertz CT molecular complexity index is 815.